The van der Waals surface area contributed by atoms with Crippen LogP contribution < -0.4 is 5.32 Å². The van der Waals surface area contributed by atoms with Gasteiger partial charge in [-0.3, -0.25) is 4.90 Å². The maximum Gasteiger partial charge on any atom is 0.143 e. The van der Waals surface area contributed by atoms with Crippen LogP contribution >= 0.6 is 22.6 Å². The first-order chi connectivity index (χ1) is 9.54. The topological polar surface area (TPSA) is 15.3 Å². The normalized spacial score (nSPS) is 29.1. The fourth-order valence-electron chi connectivity index (χ4n) is 3.48. The van der Waals surface area contributed by atoms with Crippen molar-refractivity contribution in [2.45, 2.75) is 50.4 Å². The highest BCUT2D eigenvalue weighted by Gasteiger charge is 2.35. The maximum atomic E-state index is 14.1. The first kappa shape index (κ1) is 14.7. The standard InChI is InChI=1S/C15H19F2IN2/c1-20(11-6-9-2-3-10(7-11)19-9)8-12-13(16)4-5-14(18)15(12)17/h4-5,9-11,19H,2-3,6-8H2,1H3. The molecule has 3 rings (SSSR count). The summed E-state index contributed by atoms with van der Waals surface area (Å²) < 4.78 is 28.4. The van der Waals surface area contributed by atoms with E-state index in [0.29, 0.717) is 28.2 Å². The third-order valence-electron chi connectivity index (χ3n) is 4.62. The molecule has 2 heterocycles. The van der Waals surface area contributed by atoms with E-state index in [0.717, 1.165) is 12.8 Å². The van der Waals surface area contributed by atoms with Crippen molar-refractivity contribution in [3.05, 3.63) is 32.9 Å². The summed E-state index contributed by atoms with van der Waals surface area (Å²) in [5, 5.41) is 3.59. The Balaban J connectivity index is 1.73. The minimum Gasteiger partial charge on any atom is -0.311 e. The van der Waals surface area contributed by atoms with E-state index < -0.39 is 11.6 Å². The van der Waals surface area contributed by atoms with Crippen LogP contribution in [-0.4, -0.2) is 30.1 Å². The lowest BCUT2D eigenvalue weighted by Gasteiger charge is -2.35. The molecule has 1 N–H and O–H groups in total. The van der Waals surface area contributed by atoms with E-state index in [4.69, 9.17) is 0 Å². The van der Waals surface area contributed by atoms with Gasteiger partial charge in [0, 0.05) is 33.8 Å². The molecule has 2 unspecified atom stereocenters. The molecule has 0 radical (unpaired) electrons. The van der Waals surface area contributed by atoms with E-state index in [2.05, 4.69) is 10.2 Å². The molecule has 0 aromatic heterocycles. The summed E-state index contributed by atoms with van der Waals surface area (Å²) in [6, 6.07) is 4.45. The molecule has 0 spiro atoms. The van der Waals surface area contributed by atoms with Gasteiger partial charge in [-0.1, -0.05) is 0 Å². The van der Waals surface area contributed by atoms with Gasteiger partial charge in [0.25, 0.3) is 0 Å². The van der Waals surface area contributed by atoms with Crippen molar-refractivity contribution in [3.63, 3.8) is 0 Å². The monoisotopic (exact) mass is 392 g/mol. The van der Waals surface area contributed by atoms with Gasteiger partial charge in [0.15, 0.2) is 0 Å². The third-order valence-corrected chi connectivity index (χ3v) is 5.45. The first-order valence-corrected chi connectivity index (χ1v) is 8.21. The fraction of sp³-hybridized carbons (Fsp3) is 0.600. The Hall–Kier alpha value is -0.270. The molecule has 2 fully saturated rings. The Morgan fingerprint density at radius 3 is 2.55 bits per heavy atom. The van der Waals surface area contributed by atoms with Crippen LogP contribution in [0.3, 0.4) is 0 Å². The maximum absolute atomic E-state index is 14.1. The lowest BCUT2D eigenvalue weighted by molar-refractivity contribution is 0.162. The average molecular weight is 392 g/mol. The largest absolute Gasteiger partial charge is 0.311 e. The molecule has 20 heavy (non-hydrogen) atoms. The molecule has 1 aromatic rings. The molecule has 0 amide bonds. The summed E-state index contributed by atoms with van der Waals surface area (Å²) in [4.78, 5) is 2.11. The van der Waals surface area contributed by atoms with E-state index >= 15 is 0 Å². The molecular weight excluding hydrogens is 373 g/mol. The molecule has 0 aliphatic carbocycles. The zero-order chi connectivity index (χ0) is 14.3. The number of piperidine rings is 1. The van der Waals surface area contributed by atoms with Crippen LogP contribution in [0.25, 0.3) is 0 Å². The second kappa shape index (κ2) is 5.85. The number of hydrogen-bond acceptors (Lipinski definition) is 2. The van der Waals surface area contributed by atoms with Crippen LogP contribution in [0.2, 0.25) is 0 Å². The Kier molecular flexibility index (Phi) is 4.29. The molecule has 2 nitrogen and oxygen atoms in total. The average Bonchev–Trinajstić information content (AvgIpc) is 2.77. The van der Waals surface area contributed by atoms with E-state index in [1.54, 1.807) is 0 Å². The molecule has 2 bridgehead atoms. The highest BCUT2D eigenvalue weighted by molar-refractivity contribution is 14.1. The van der Waals surface area contributed by atoms with Gasteiger partial charge in [0.05, 0.1) is 0 Å². The Morgan fingerprint density at radius 1 is 1.25 bits per heavy atom. The SMILES string of the molecule is CN(Cc1c(F)ccc(I)c1F)C1CC2CCC(C1)N2. The highest BCUT2D eigenvalue weighted by Crippen LogP contribution is 2.30. The van der Waals surface area contributed by atoms with Crippen LogP contribution in [0, 0.1) is 15.2 Å². The van der Waals surface area contributed by atoms with Gasteiger partial charge >= 0.3 is 0 Å². The highest BCUT2D eigenvalue weighted by atomic mass is 127. The first-order valence-electron chi connectivity index (χ1n) is 7.13. The fourth-order valence-corrected chi connectivity index (χ4v) is 3.98. The van der Waals surface area contributed by atoms with Crippen molar-refractivity contribution < 1.29 is 8.78 Å². The van der Waals surface area contributed by atoms with Crippen molar-refractivity contribution in [2.75, 3.05) is 7.05 Å². The van der Waals surface area contributed by atoms with Gasteiger partial charge in [0.1, 0.15) is 11.6 Å². The quantitative estimate of drug-likeness (QED) is 0.628. The molecule has 2 saturated heterocycles. The van der Waals surface area contributed by atoms with E-state index in [-0.39, 0.29) is 5.56 Å². The van der Waals surface area contributed by atoms with Crippen molar-refractivity contribution in [1.82, 2.24) is 10.2 Å². The van der Waals surface area contributed by atoms with Crippen molar-refractivity contribution in [3.8, 4) is 0 Å². The van der Waals surface area contributed by atoms with Crippen LogP contribution in [0.5, 0.6) is 0 Å². The molecule has 0 saturated carbocycles. The summed E-state index contributed by atoms with van der Waals surface area (Å²) in [5.41, 5.74) is 0.199. The van der Waals surface area contributed by atoms with E-state index in [1.807, 2.05) is 29.6 Å². The number of benzene rings is 1. The number of halogens is 3. The summed E-state index contributed by atoms with van der Waals surface area (Å²) in [6.07, 6.45) is 4.64. The van der Waals surface area contributed by atoms with Crippen LogP contribution in [0.1, 0.15) is 31.2 Å². The predicted molar refractivity (Wildman–Crippen MR) is 83.5 cm³/mol. The van der Waals surface area contributed by atoms with Gasteiger partial charge in [-0.15, -0.1) is 0 Å². The number of fused-ring (bicyclic) bond motifs is 2. The third kappa shape index (κ3) is 2.85. The second-order valence-electron chi connectivity index (χ2n) is 6.00. The number of rotatable bonds is 3. The summed E-state index contributed by atoms with van der Waals surface area (Å²) >= 11 is 1.91. The van der Waals surface area contributed by atoms with E-state index in [1.165, 1.54) is 25.0 Å². The molecule has 2 aliphatic heterocycles. The lowest BCUT2D eigenvalue weighted by Crippen LogP contribution is -2.46. The zero-order valence-electron chi connectivity index (χ0n) is 11.5. The van der Waals surface area contributed by atoms with Crippen LogP contribution in [0.4, 0.5) is 8.78 Å². The Labute approximate surface area is 132 Å². The van der Waals surface area contributed by atoms with Crippen LogP contribution in [0.15, 0.2) is 12.1 Å². The predicted octanol–water partition coefficient (Wildman–Crippen LogP) is 3.28. The minimum absolute atomic E-state index is 0.199. The molecular formula is C15H19F2IN2. The van der Waals surface area contributed by atoms with Gasteiger partial charge < -0.3 is 5.32 Å². The second-order valence-corrected chi connectivity index (χ2v) is 7.16. The summed E-state index contributed by atoms with van der Waals surface area (Å²) in [6.45, 7) is 0.346. The molecule has 2 aliphatic rings. The summed E-state index contributed by atoms with van der Waals surface area (Å²) in [5.74, 6) is -0.846. The van der Waals surface area contributed by atoms with Crippen molar-refractivity contribution >= 4 is 22.6 Å². The van der Waals surface area contributed by atoms with Crippen molar-refractivity contribution in [2.24, 2.45) is 0 Å². The molecule has 1 aromatic carbocycles. The Morgan fingerprint density at radius 2 is 1.90 bits per heavy atom. The number of hydrogen-bond donors (Lipinski definition) is 1. The van der Waals surface area contributed by atoms with Crippen LogP contribution in [-0.2, 0) is 6.54 Å². The number of nitrogens with zero attached hydrogens (tertiary/aromatic N) is 1. The van der Waals surface area contributed by atoms with Crippen molar-refractivity contribution in [1.29, 1.82) is 0 Å². The lowest BCUT2D eigenvalue weighted by atomic mass is 9.98. The molecule has 5 heteroatoms. The zero-order valence-corrected chi connectivity index (χ0v) is 13.7. The molecule has 2 atom stereocenters. The van der Waals surface area contributed by atoms with Gasteiger partial charge in [0.2, 0.25) is 0 Å². The molecule has 110 valence electrons. The summed E-state index contributed by atoms with van der Waals surface area (Å²) in [7, 11) is 1.98. The van der Waals surface area contributed by atoms with Gasteiger partial charge in [-0.25, -0.2) is 8.78 Å². The number of nitrogens with one attached hydrogen (secondary N) is 1. The van der Waals surface area contributed by atoms with Gasteiger partial charge in [-0.2, -0.15) is 0 Å². The smallest absolute Gasteiger partial charge is 0.143 e. The van der Waals surface area contributed by atoms with E-state index in [9.17, 15) is 8.78 Å². The van der Waals surface area contributed by atoms with Gasteiger partial charge in [-0.05, 0) is 67.5 Å². The Bertz CT molecular complexity index is 497. The minimum atomic E-state index is -0.438.